The molecule has 2 fully saturated rings. The van der Waals surface area contributed by atoms with Crippen molar-refractivity contribution in [2.24, 2.45) is 11.8 Å². The molecule has 1 aliphatic carbocycles. The first-order valence-electron chi connectivity index (χ1n) is 8.26. The molecule has 1 aliphatic heterocycles. The van der Waals surface area contributed by atoms with Crippen LogP contribution in [-0.4, -0.2) is 37.4 Å². The van der Waals surface area contributed by atoms with Gasteiger partial charge in [-0.15, -0.1) is 0 Å². The average molecular weight is 316 g/mol. The van der Waals surface area contributed by atoms with Crippen molar-refractivity contribution >= 4 is 11.8 Å². The van der Waals surface area contributed by atoms with E-state index in [1.54, 1.807) is 19.1 Å². The maximum absolute atomic E-state index is 12.6. The van der Waals surface area contributed by atoms with Gasteiger partial charge in [0, 0.05) is 25.9 Å². The van der Waals surface area contributed by atoms with E-state index in [-0.39, 0.29) is 23.8 Å². The smallest absolute Gasteiger partial charge is 0.224 e. The fourth-order valence-electron chi connectivity index (χ4n) is 3.15. The molecular formula is C18H24N2O3. The van der Waals surface area contributed by atoms with E-state index < -0.39 is 0 Å². The number of rotatable bonds is 5. The highest BCUT2D eigenvalue weighted by Crippen LogP contribution is 2.41. The molecule has 0 spiro atoms. The van der Waals surface area contributed by atoms with Gasteiger partial charge in [-0.3, -0.25) is 9.59 Å². The van der Waals surface area contributed by atoms with E-state index in [0.717, 1.165) is 30.6 Å². The molecule has 0 aromatic heterocycles. The van der Waals surface area contributed by atoms with Crippen LogP contribution in [0.1, 0.15) is 37.3 Å². The summed E-state index contributed by atoms with van der Waals surface area (Å²) in [5.41, 5.74) is 1.11. The van der Waals surface area contributed by atoms with Gasteiger partial charge in [0.15, 0.2) is 0 Å². The molecule has 0 unspecified atom stereocenters. The van der Waals surface area contributed by atoms with Crippen LogP contribution in [0.2, 0.25) is 0 Å². The maximum Gasteiger partial charge on any atom is 0.224 e. The molecule has 3 rings (SSSR count). The summed E-state index contributed by atoms with van der Waals surface area (Å²) in [6, 6.07) is 7.93. The van der Waals surface area contributed by atoms with Crippen molar-refractivity contribution in [1.29, 1.82) is 0 Å². The molecule has 2 amide bonds. The molecule has 2 atom stereocenters. The van der Waals surface area contributed by atoms with Gasteiger partial charge in [0.1, 0.15) is 5.75 Å². The second-order valence-electron chi connectivity index (χ2n) is 6.60. The zero-order valence-electron chi connectivity index (χ0n) is 13.7. The molecule has 1 aromatic rings. The Labute approximate surface area is 137 Å². The lowest BCUT2D eigenvalue weighted by atomic mass is 9.94. The van der Waals surface area contributed by atoms with Crippen LogP contribution < -0.4 is 10.1 Å². The van der Waals surface area contributed by atoms with Crippen LogP contribution in [0, 0.1) is 11.8 Å². The molecule has 23 heavy (non-hydrogen) atoms. The van der Waals surface area contributed by atoms with E-state index in [1.165, 1.54) is 0 Å². The third-order valence-electron chi connectivity index (χ3n) is 4.90. The Morgan fingerprint density at radius 2 is 1.96 bits per heavy atom. The summed E-state index contributed by atoms with van der Waals surface area (Å²) in [4.78, 5) is 26.1. The molecular weight excluding hydrogens is 292 g/mol. The lowest BCUT2D eigenvalue weighted by Crippen LogP contribution is -2.43. The summed E-state index contributed by atoms with van der Waals surface area (Å²) >= 11 is 0. The quantitative estimate of drug-likeness (QED) is 0.905. The van der Waals surface area contributed by atoms with Crippen molar-refractivity contribution in [3.63, 3.8) is 0 Å². The Balaban J connectivity index is 1.67. The van der Waals surface area contributed by atoms with E-state index in [1.807, 2.05) is 24.3 Å². The van der Waals surface area contributed by atoms with Gasteiger partial charge >= 0.3 is 0 Å². The van der Waals surface area contributed by atoms with Crippen molar-refractivity contribution in [3.05, 3.63) is 29.8 Å². The van der Waals surface area contributed by atoms with E-state index in [4.69, 9.17) is 4.74 Å². The minimum Gasteiger partial charge on any atom is -0.497 e. The van der Waals surface area contributed by atoms with Crippen LogP contribution in [0.25, 0.3) is 0 Å². The highest BCUT2D eigenvalue weighted by Gasteiger charge is 2.36. The van der Waals surface area contributed by atoms with Crippen LogP contribution in [0.3, 0.4) is 0 Å². The molecule has 5 nitrogen and oxygen atoms in total. The van der Waals surface area contributed by atoms with Crippen LogP contribution in [-0.2, 0) is 9.59 Å². The molecule has 0 radical (unpaired) electrons. The van der Waals surface area contributed by atoms with Crippen LogP contribution in [0.4, 0.5) is 0 Å². The molecule has 2 aliphatic rings. The number of benzene rings is 1. The number of carbonyl (C=O) groups excluding carboxylic acids is 2. The summed E-state index contributed by atoms with van der Waals surface area (Å²) in [5, 5.41) is 3.19. The predicted octanol–water partition coefficient (Wildman–Crippen LogP) is 2.13. The van der Waals surface area contributed by atoms with Gasteiger partial charge in [0.2, 0.25) is 11.8 Å². The number of methoxy groups -OCH3 is 1. The third kappa shape index (κ3) is 3.66. The summed E-state index contributed by atoms with van der Waals surface area (Å²) in [7, 11) is 3.44. The number of carbonyl (C=O) groups is 2. The molecule has 1 aromatic carbocycles. The third-order valence-corrected chi connectivity index (χ3v) is 4.90. The van der Waals surface area contributed by atoms with Crippen LogP contribution in [0.5, 0.6) is 5.75 Å². The number of amides is 2. The van der Waals surface area contributed by atoms with E-state index in [2.05, 4.69) is 5.32 Å². The topological polar surface area (TPSA) is 58.6 Å². The monoisotopic (exact) mass is 316 g/mol. The van der Waals surface area contributed by atoms with Gasteiger partial charge in [0.25, 0.3) is 0 Å². The largest absolute Gasteiger partial charge is 0.497 e. The molecule has 0 bridgehead atoms. The first-order valence-corrected chi connectivity index (χ1v) is 8.26. The van der Waals surface area contributed by atoms with Gasteiger partial charge in [-0.25, -0.2) is 0 Å². The summed E-state index contributed by atoms with van der Waals surface area (Å²) in [6.07, 6.45) is 3.35. The number of nitrogens with one attached hydrogen (secondary N) is 1. The Kier molecular flexibility index (Phi) is 4.55. The zero-order valence-corrected chi connectivity index (χ0v) is 13.7. The van der Waals surface area contributed by atoms with Gasteiger partial charge in [-0.2, -0.15) is 0 Å². The zero-order chi connectivity index (χ0) is 16.4. The first kappa shape index (κ1) is 15.8. The van der Waals surface area contributed by atoms with Gasteiger partial charge in [0.05, 0.1) is 13.2 Å². The molecule has 124 valence electrons. The van der Waals surface area contributed by atoms with Crippen molar-refractivity contribution in [2.45, 2.75) is 31.7 Å². The minimum atomic E-state index is -0.196. The molecule has 5 heteroatoms. The fourth-order valence-corrected chi connectivity index (χ4v) is 3.15. The molecule has 1 N–H and O–H groups in total. The van der Waals surface area contributed by atoms with E-state index in [9.17, 15) is 9.59 Å². The van der Waals surface area contributed by atoms with Crippen molar-refractivity contribution < 1.29 is 14.3 Å². The number of nitrogens with zero attached hydrogens (tertiary/aromatic N) is 1. The van der Waals surface area contributed by atoms with Gasteiger partial charge < -0.3 is 15.0 Å². The standard InChI is InChI=1S/C18H24N2O3/c1-20-10-9-14(11-16(20)21)18(22)19-17(12-3-4-12)13-5-7-15(23-2)8-6-13/h5-8,12,14,17H,3-4,9-11H2,1-2H3,(H,19,22)/t14-,17-/m0/s1. The highest BCUT2D eigenvalue weighted by molar-refractivity contribution is 5.87. The predicted molar refractivity (Wildman–Crippen MR) is 87.0 cm³/mol. The van der Waals surface area contributed by atoms with Crippen LogP contribution in [0.15, 0.2) is 24.3 Å². The molecule has 1 saturated heterocycles. The highest BCUT2D eigenvalue weighted by atomic mass is 16.5. The molecule has 1 saturated carbocycles. The summed E-state index contributed by atoms with van der Waals surface area (Å²) < 4.78 is 5.19. The Hall–Kier alpha value is -2.04. The number of likely N-dealkylation sites (tertiary alicyclic amines) is 1. The van der Waals surface area contributed by atoms with E-state index in [0.29, 0.717) is 18.9 Å². The molecule has 1 heterocycles. The first-order chi connectivity index (χ1) is 11.1. The van der Waals surface area contributed by atoms with Crippen molar-refractivity contribution in [1.82, 2.24) is 10.2 Å². The SMILES string of the molecule is COc1ccc([C@@H](NC(=O)[C@H]2CCN(C)C(=O)C2)C2CC2)cc1. The van der Waals surface area contributed by atoms with Crippen molar-refractivity contribution in [3.8, 4) is 5.75 Å². The second-order valence-corrected chi connectivity index (χ2v) is 6.60. The van der Waals surface area contributed by atoms with Crippen LogP contribution >= 0.6 is 0 Å². The van der Waals surface area contributed by atoms with Crippen molar-refractivity contribution in [2.75, 3.05) is 20.7 Å². The Bertz CT molecular complexity index is 580. The van der Waals surface area contributed by atoms with Gasteiger partial charge in [-0.05, 0) is 42.9 Å². The van der Waals surface area contributed by atoms with Gasteiger partial charge in [-0.1, -0.05) is 12.1 Å². The second kappa shape index (κ2) is 6.60. The Morgan fingerprint density at radius 3 is 2.52 bits per heavy atom. The summed E-state index contributed by atoms with van der Waals surface area (Å²) in [6.45, 7) is 0.660. The number of ether oxygens (including phenoxy) is 1. The lowest BCUT2D eigenvalue weighted by molar-refractivity contribution is -0.139. The minimum absolute atomic E-state index is 0.0131. The maximum atomic E-state index is 12.6. The van der Waals surface area contributed by atoms with E-state index >= 15 is 0 Å². The summed E-state index contributed by atoms with van der Waals surface area (Å²) in [5.74, 6) is 1.20. The number of piperidine rings is 1. The lowest BCUT2D eigenvalue weighted by Gasteiger charge is -2.29. The normalized spacial score (nSPS) is 22.6. The average Bonchev–Trinajstić information content (AvgIpc) is 3.40. The fraction of sp³-hybridized carbons (Fsp3) is 0.556. The number of hydrogen-bond acceptors (Lipinski definition) is 3. The number of hydrogen-bond donors (Lipinski definition) is 1. The Morgan fingerprint density at radius 1 is 1.26 bits per heavy atom.